The van der Waals surface area contributed by atoms with Crippen molar-refractivity contribution < 1.29 is 14.3 Å². The first-order valence-electron chi connectivity index (χ1n) is 6.21. The van der Waals surface area contributed by atoms with Crippen molar-refractivity contribution in [1.82, 2.24) is 4.98 Å². The SMILES string of the molecule is COC(=O)c1cccc(NC(=O)c2c[nH]ccc2=O)c1C. The summed E-state index contributed by atoms with van der Waals surface area (Å²) in [6.07, 6.45) is 2.78. The van der Waals surface area contributed by atoms with Crippen LogP contribution < -0.4 is 10.7 Å². The van der Waals surface area contributed by atoms with Crippen molar-refractivity contribution in [3.05, 3.63) is 63.6 Å². The monoisotopic (exact) mass is 286 g/mol. The molecule has 2 aromatic rings. The highest BCUT2D eigenvalue weighted by Gasteiger charge is 2.15. The van der Waals surface area contributed by atoms with Gasteiger partial charge in [-0.2, -0.15) is 0 Å². The minimum Gasteiger partial charge on any atom is -0.465 e. The molecule has 0 aliphatic heterocycles. The highest BCUT2D eigenvalue weighted by atomic mass is 16.5. The van der Waals surface area contributed by atoms with Gasteiger partial charge in [-0.1, -0.05) is 6.07 Å². The normalized spacial score (nSPS) is 10.0. The number of carbonyl (C=O) groups excluding carboxylic acids is 2. The number of esters is 1. The molecule has 0 saturated heterocycles. The number of amides is 1. The highest BCUT2D eigenvalue weighted by Crippen LogP contribution is 2.20. The number of aromatic nitrogens is 1. The van der Waals surface area contributed by atoms with E-state index in [1.807, 2.05) is 0 Å². The van der Waals surface area contributed by atoms with Gasteiger partial charge in [-0.3, -0.25) is 9.59 Å². The Morgan fingerprint density at radius 2 is 1.95 bits per heavy atom. The van der Waals surface area contributed by atoms with Crippen LogP contribution in [0.4, 0.5) is 5.69 Å². The molecule has 6 heteroatoms. The summed E-state index contributed by atoms with van der Waals surface area (Å²) in [5, 5.41) is 2.62. The van der Waals surface area contributed by atoms with Crippen LogP contribution in [0.5, 0.6) is 0 Å². The zero-order valence-electron chi connectivity index (χ0n) is 11.6. The molecular formula is C15H14N2O4. The molecule has 0 aliphatic carbocycles. The zero-order valence-corrected chi connectivity index (χ0v) is 11.6. The van der Waals surface area contributed by atoms with Crippen LogP contribution >= 0.6 is 0 Å². The van der Waals surface area contributed by atoms with Gasteiger partial charge in [-0.15, -0.1) is 0 Å². The average Bonchev–Trinajstić information content (AvgIpc) is 2.49. The number of anilines is 1. The summed E-state index contributed by atoms with van der Waals surface area (Å²) in [5.41, 5.74) is 1.00. The number of pyridine rings is 1. The molecule has 6 nitrogen and oxygen atoms in total. The molecule has 2 rings (SSSR count). The summed E-state index contributed by atoms with van der Waals surface area (Å²) < 4.78 is 4.67. The van der Waals surface area contributed by atoms with E-state index in [0.29, 0.717) is 16.8 Å². The third-order valence-corrected chi connectivity index (χ3v) is 3.06. The molecule has 1 aromatic carbocycles. The Morgan fingerprint density at radius 1 is 1.19 bits per heavy atom. The minimum absolute atomic E-state index is 0.000344. The lowest BCUT2D eigenvalue weighted by Crippen LogP contribution is -2.21. The number of aromatic amines is 1. The van der Waals surface area contributed by atoms with Crippen LogP contribution in [0.15, 0.2) is 41.5 Å². The Kier molecular flexibility index (Phi) is 4.18. The fourth-order valence-corrected chi connectivity index (χ4v) is 1.89. The molecule has 2 N–H and O–H groups in total. The Hall–Kier alpha value is -2.89. The van der Waals surface area contributed by atoms with Crippen LogP contribution in [-0.4, -0.2) is 24.0 Å². The Bertz CT molecular complexity index is 749. The second kappa shape index (κ2) is 6.04. The predicted molar refractivity (Wildman–Crippen MR) is 77.5 cm³/mol. The molecule has 0 fully saturated rings. The molecule has 0 unspecified atom stereocenters. The summed E-state index contributed by atoms with van der Waals surface area (Å²) in [5.74, 6) is -1.02. The van der Waals surface area contributed by atoms with Gasteiger partial charge in [0.2, 0.25) is 0 Å². The first kappa shape index (κ1) is 14.5. The van der Waals surface area contributed by atoms with Crippen molar-refractivity contribution in [2.75, 3.05) is 12.4 Å². The van der Waals surface area contributed by atoms with Gasteiger partial charge in [0.05, 0.1) is 12.7 Å². The fraction of sp³-hybridized carbons (Fsp3) is 0.133. The van der Waals surface area contributed by atoms with Gasteiger partial charge < -0.3 is 15.0 Å². The molecule has 21 heavy (non-hydrogen) atoms. The van der Waals surface area contributed by atoms with E-state index >= 15 is 0 Å². The summed E-state index contributed by atoms with van der Waals surface area (Å²) in [6, 6.07) is 6.15. The van der Waals surface area contributed by atoms with Crippen molar-refractivity contribution in [3.8, 4) is 0 Å². The molecule has 0 saturated carbocycles. The number of methoxy groups -OCH3 is 1. The Balaban J connectivity index is 2.33. The first-order valence-corrected chi connectivity index (χ1v) is 6.21. The fourth-order valence-electron chi connectivity index (χ4n) is 1.89. The number of benzene rings is 1. The maximum atomic E-state index is 12.1. The highest BCUT2D eigenvalue weighted by molar-refractivity contribution is 6.05. The van der Waals surface area contributed by atoms with Crippen molar-refractivity contribution >= 4 is 17.6 Å². The van der Waals surface area contributed by atoms with Gasteiger partial charge in [-0.25, -0.2) is 4.79 Å². The van der Waals surface area contributed by atoms with Crippen LogP contribution in [0, 0.1) is 6.92 Å². The summed E-state index contributed by atoms with van der Waals surface area (Å²) >= 11 is 0. The molecule has 1 amide bonds. The second-order valence-electron chi connectivity index (χ2n) is 4.35. The second-order valence-corrected chi connectivity index (χ2v) is 4.35. The average molecular weight is 286 g/mol. The number of hydrogen-bond acceptors (Lipinski definition) is 4. The van der Waals surface area contributed by atoms with Gasteiger partial charge in [-0.05, 0) is 24.6 Å². The molecule has 0 bridgehead atoms. The quantitative estimate of drug-likeness (QED) is 0.841. The van der Waals surface area contributed by atoms with Crippen LogP contribution in [0.3, 0.4) is 0 Å². The Labute approximate surface area is 120 Å². The molecule has 0 aliphatic rings. The lowest BCUT2D eigenvalue weighted by atomic mass is 10.1. The molecule has 1 heterocycles. The van der Waals surface area contributed by atoms with Crippen molar-refractivity contribution in [2.45, 2.75) is 6.92 Å². The van der Waals surface area contributed by atoms with Gasteiger partial charge in [0.15, 0.2) is 5.43 Å². The van der Waals surface area contributed by atoms with E-state index in [2.05, 4.69) is 15.0 Å². The van der Waals surface area contributed by atoms with E-state index in [1.54, 1.807) is 25.1 Å². The Morgan fingerprint density at radius 3 is 2.62 bits per heavy atom. The molecule has 0 spiro atoms. The molecule has 1 aromatic heterocycles. The third kappa shape index (κ3) is 3.00. The third-order valence-electron chi connectivity index (χ3n) is 3.06. The van der Waals surface area contributed by atoms with Crippen LogP contribution in [0.1, 0.15) is 26.3 Å². The largest absolute Gasteiger partial charge is 0.465 e. The minimum atomic E-state index is -0.540. The topological polar surface area (TPSA) is 88.3 Å². The maximum absolute atomic E-state index is 12.1. The van der Waals surface area contributed by atoms with E-state index in [1.165, 1.54) is 25.6 Å². The van der Waals surface area contributed by atoms with Crippen LogP contribution in [0.25, 0.3) is 0 Å². The van der Waals surface area contributed by atoms with E-state index in [0.717, 1.165) is 0 Å². The molecule has 108 valence electrons. The predicted octanol–water partition coefficient (Wildman–Crippen LogP) is 1.72. The standard InChI is InChI=1S/C15H14N2O4/c1-9-10(15(20)21-2)4-3-5-12(9)17-14(19)11-8-16-7-6-13(11)18/h3-8H,1-2H3,(H,16,18)(H,17,19). The number of hydrogen-bond donors (Lipinski definition) is 2. The lowest BCUT2D eigenvalue weighted by molar-refractivity contribution is 0.0599. The lowest BCUT2D eigenvalue weighted by Gasteiger charge is -2.11. The number of rotatable bonds is 3. The van der Waals surface area contributed by atoms with Crippen LogP contribution in [-0.2, 0) is 4.74 Å². The van der Waals surface area contributed by atoms with E-state index in [4.69, 9.17) is 0 Å². The van der Waals surface area contributed by atoms with E-state index in [9.17, 15) is 14.4 Å². The summed E-state index contributed by atoms with van der Waals surface area (Å²) in [4.78, 5) is 38.0. The van der Waals surface area contributed by atoms with Gasteiger partial charge >= 0.3 is 5.97 Å². The van der Waals surface area contributed by atoms with Gasteiger partial charge in [0, 0.05) is 24.1 Å². The molecular weight excluding hydrogens is 272 g/mol. The van der Waals surface area contributed by atoms with Gasteiger partial charge in [0.25, 0.3) is 5.91 Å². The van der Waals surface area contributed by atoms with Gasteiger partial charge in [0.1, 0.15) is 5.56 Å². The zero-order chi connectivity index (χ0) is 15.4. The number of H-pyrrole nitrogens is 1. The smallest absolute Gasteiger partial charge is 0.338 e. The maximum Gasteiger partial charge on any atom is 0.338 e. The number of ether oxygens (including phenoxy) is 1. The van der Waals surface area contributed by atoms with Crippen LogP contribution in [0.2, 0.25) is 0 Å². The van der Waals surface area contributed by atoms with Crippen molar-refractivity contribution in [1.29, 1.82) is 0 Å². The molecule has 0 atom stereocenters. The molecule has 0 radical (unpaired) electrons. The van der Waals surface area contributed by atoms with E-state index < -0.39 is 11.9 Å². The summed E-state index contributed by atoms with van der Waals surface area (Å²) in [6.45, 7) is 1.69. The van der Waals surface area contributed by atoms with E-state index in [-0.39, 0.29) is 11.0 Å². The summed E-state index contributed by atoms with van der Waals surface area (Å²) in [7, 11) is 1.29. The first-order chi connectivity index (χ1) is 10.0. The van der Waals surface area contributed by atoms with Crippen molar-refractivity contribution in [2.24, 2.45) is 0 Å². The van der Waals surface area contributed by atoms with Crippen molar-refractivity contribution in [3.63, 3.8) is 0 Å². The number of nitrogens with one attached hydrogen (secondary N) is 2. The number of carbonyl (C=O) groups is 2.